The Morgan fingerprint density at radius 3 is 3.12 bits per heavy atom. The monoisotopic (exact) mass is 237 g/mol. The van der Waals surface area contributed by atoms with Crippen LogP contribution in [0.4, 0.5) is 0 Å². The van der Waals surface area contributed by atoms with Gasteiger partial charge in [-0.15, -0.1) is 0 Å². The lowest BCUT2D eigenvalue weighted by molar-refractivity contribution is -0.138. The van der Waals surface area contributed by atoms with Crippen LogP contribution in [0.25, 0.3) is 0 Å². The first-order chi connectivity index (χ1) is 8.16. The van der Waals surface area contributed by atoms with Gasteiger partial charge in [0.25, 0.3) is 0 Å². The summed E-state index contributed by atoms with van der Waals surface area (Å²) in [6.45, 7) is 1.92. The Kier molecular flexibility index (Phi) is 3.78. The van der Waals surface area contributed by atoms with E-state index in [1.54, 1.807) is 6.20 Å². The van der Waals surface area contributed by atoms with Gasteiger partial charge < -0.3 is 9.67 Å². The number of imidazole rings is 1. The average Bonchev–Trinajstić information content (AvgIpc) is 2.84. The van der Waals surface area contributed by atoms with E-state index in [-0.39, 0.29) is 12.5 Å². The van der Waals surface area contributed by atoms with Crippen molar-refractivity contribution in [3.05, 3.63) is 18.2 Å². The summed E-state index contributed by atoms with van der Waals surface area (Å²) in [6, 6.07) is 0.216. The van der Waals surface area contributed by atoms with E-state index in [1.807, 2.05) is 17.8 Å². The quantitative estimate of drug-likeness (QED) is 0.826. The highest BCUT2D eigenvalue weighted by atomic mass is 16.4. The molecule has 0 bridgehead atoms. The van der Waals surface area contributed by atoms with Crippen molar-refractivity contribution in [3.63, 3.8) is 0 Å². The molecule has 0 radical (unpaired) electrons. The predicted octanol–water partition coefficient (Wildman–Crippen LogP) is 0.902. The zero-order valence-electron chi connectivity index (χ0n) is 10.2. The Balaban J connectivity index is 1.86. The van der Waals surface area contributed by atoms with Crippen molar-refractivity contribution >= 4 is 5.97 Å². The number of hydrogen-bond acceptors (Lipinski definition) is 3. The molecule has 17 heavy (non-hydrogen) atoms. The SMILES string of the molecule is Cn1ccnc1CCN1CCCC1CC(=O)O. The van der Waals surface area contributed by atoms with Gasteiger partial charge >= 0.3 is 5.97 Å². The number of nitrogens with zero attached hydrogens (tertiary/aromatic N) is 3. The molecule has 2 rings (SSSR count). The minimum atomic E-state index is -0.695. The van der Waals surface area contributed by atoms with Gasteiger partial charge in [0.15, 0.2) is 0 Å². The van der Waals surface area contributed by atoms with Crippen LogP contribution in [-0.2, 0) is 18.3 Å². The summed E-state index contributed by atoms with van der Waals surface area (Å²) in [4.78, 5) is 17.3. The molecule has 0 aliphatic carbocycles. The van der Waals surface area contributed by atoms with Crippen molar-refractivity contribution in [2.24, 2.45) is 7.05 Å². The summed E-state index contributed by atoms with van der Waals surface area (Å²) in [5, 5.41) is 8.84. The summed E-state index contributed by atoms with van der Waals surface area (Å²) in [5.41, 5.74) is 0. The van der Waals surface area contributed by atoms with Crippen LogP contribution in [0.2, 0.25) is 0 Å². The minimum absolute atomic E-state index is 0.216. The van der Waals surface area contributed by atoms with Crippen LogP contribution in [0, 0.1) is 0 Å². The van der Waals surface area contributed by atoms with Gasteiger partial charge in [0.2, 0.25) is 0 Å². The largest absolute Gasteiger partial charge is 0.481 e. The maximum absolute atomic E-state index is 10.7. The molecule has 1 saturated heterocycles. The van der Waals surface area contributed by atoms with Crippen LogP contribution >= 0.6 is 0 Å². The third-order valence-corrected chi connectivity index (χ3v) is 3.45. The second-order valence-corrected chi connectivity index (χ2v) is 4.63. The third-order valence-electron chi connectivity index (χ3n) is 3.45. The van der Waals surface area contributed by atoms with Gasteiger partial charge in [0, 0.05) is 38.4 Å². The Morgan fingerprint density at radius 1 is 1.65 bits per heavy atom. The summed E-state index contributed by atoms with van der Waals surface area (Å²) in [7, 11) is 1.99. The van der Waals surface area contributed by atoms with E-state index in [0.717, 1.165) is 38.2 Å². The summed E-state index contributed by atoms with van der Waals surface area (Å²) in [6.07, 6.45) is 7.01. The van der Waals surface area contributed by atoms with E-state index in [1.165, 1.54) is 0 Å². The number of aliphatic carboxylic acids is 1. The molecule has 1 atom stereocenters. The molecule has 5 heteroatoms. The fourth-order valence-corrected chi connectivity index (χ4v) is 2.50. The number of hydrogen-bond donors (Lipinski definition) is 1. The lowest BCUT2D eigenvalue weighted by atomic mass is 10.1. The normalized spacial score (nSPS) is 20.9. The van der Waals surface area contributed by atoms with Crippen LogP contribution in [0.1, 0.15) is 25.1 Å². The van der Waals surface area contributed by atoms with Gasteiger partial charge in [-0.1, -0.05) is 0 Å². The molecule has 0 amide bonds. The third kappa shape index (κ3) is 3.06. The van der Waals surface area contributed by atoms with Crippen molar-refractivity contribution in [1.29, 1.82) is 0 Å². The first-order valence-electron chi connectivity index (χ1n) is 6.09. The maximum atomic E-state index is 10.7. The van der Waals surface area contributed by atoms with Gasteiger partial charge in [-0.05, 0) is 19.4 Å². The van der Waals surface area contributed by atoms with E-state index >= 15 is 0 Å². The van der Waals surface area contributed by atoms with E-state index in [0.29, 0.717) is 0 Å². The van der Waals surface area contributed by atoms with Gasteiger partial charge in [-0.3, -0.25) is 9.69 Å². The number of rotatable bonds is 5. The van der Waals surface area contributed by atoms with Gasteiger partial charge in [0.1, 0.15) is 5.82 Å². The number of carbonyl (C=O) groups is 1. The highest BCUT2D eigenvalue weighted by Crippen LogP contribution is 2.20. The fourth-order valence-electron chi connectivity index (χ4n) is 2.50. The summed E-state index contributed by atoms with van der Waals surface area (Å²) in [5.74, 6) is 0.366. The van der Waals surface area contributed by atoms with Crippen LogP contribution in [0.15, 0.2) is 12.4 Å². The molecule has 1 aromatic rings. The summed E-state index contributed by atoms with van der Waals surface area (Å²) >= 11 is 0. The Hall–Kier alpha value is -1.36. The number of aromatic nitrogens is 2. The molecule has 94 valence electrons. The van der Waals surface area contributed by atoms with Crippen molar-refractivity contribution in [1.82, 2.24) is 14.5 Å². The fraction of sp³-hybridized carbons (Fsp3) is 0.667. The molecular weight excluding hydrogens is 218 g/mol. The Labute approximate surface area is 101 Å². The topological polar surface area (TPSA) is 58.4 Å². The molecule has 2 heterocycles. The molecule has 5 nitrogen and oxygen atoms in total. The zero-order valence-corrected chi connectivity index (χ0v) is 10.2. The molecule has 0 saturated carbocycles. The number of aryl methyl sites for hydroxylation is 1. The van der Waals surface area contributed by atoms with Crippen LogP contribution in [0.3, 0.4) is 0 Å². The first-order valence-corrected chi connectivity index (χ1v) is 6.09. The molecule has 0 aromatic carbocycles. The van der Waals surface area contributed by atoms with E-state index in [2.05, 4.69) is 9.88 Å². The number of likely N-dealkylation sites (tertiary alicyclic amines) is 1. The second-order valence-electron chi connectivity index (χ2n) is 4.63. The number of carboxylic acids is 1. The molecule has 1 aromatic heterocycles. The van der Waals surface area contributed by atoms with Crippen molar-refractivity contribution in [2.75, 3.05) is 13.1 Å². The molecular formula is C12H19N3O2. The minimum Gasteiger partial charge on any atom is -0.481 e. The lowest BCUT2D eigenvalue weighted by Gasteiger charge is -2.22. The van der Waals surface area contributed by atoms with E-state index in [9.17, 15) is 4.79 Å². The summed E-state index contributed by atoms with van der Waals surface area (Å²) < 4.78 is 2.02. The zero-order chi connectivity index (χ0) is 12.3. The Bertz CT molecular complexity index is 389. The van der Waals surface area contributed by atoms with Crippen molar-refractivity contribution in [3.8, 4) is 0 Å². The van der Waals surface area contributed by atoms with Gasteiger partial charge in [-0.2, -0.15) is 0 Å². The molecule has 1 unspecified atom stereocenters. The van der Waals surface area contributed by atoms with Gasteiger partial charge in [-0.25, -0.2) is 4.98 Å². The van der Waals surface area contributed by atoms with Crippen molar-refractivity contribution in [2.45, 2.75) is 31.7 Å². The first kappa shape index (κ1) is 12.1. The predicted molar refractivity (Wildman–Crippen MR) is 63.8 cm³/mol. The van der Waals surface area contributed by atoms with E-state index < -0.39 is 5.97 Å². The molecule has 1 fully saturated rings. The standard InChI is InChI=1S/C12H19N3O2/c1-14-8-5-13-11(14)4-7-15-6-2-3-10(15)9-12(16)17/h5,8,10H,2-4,6-7,9H2,1H3,(H,16,17). The molecule has 1 aliphatic rings. The average molecular weight is 237 g/mol. The molecule has 1 N–H and O–H groups in total. The van der Waals surface area contributed by atoms with E-state index in [4.69, 9.17) is 5.11 Å². The van der Waals surface area contributed by atoms with Gasteiger partial charge in [0.05, 0.1) is 6.42 Å². The van der Waals surface area contributed by atoms with Crippen LogP contribution in [-0.4, -0.2) is 44.7 Å². The smallest absolute Gasteiger partial charge is 0.304 e. The highest BCUT2D eigenvalue weighted by Gasteiger charge is 2.26. The van der Waals surface area contributed by atoms with Crippen molar-refractivity contribution < 1.29 is 9.90 Å². The van der Waals surface area contributed by atoms with Crippen LogP contribution < -0.4 is 0 Å². The lowest BCUT2D eigenvalue weighted by Crippen LogP contribution is -2.33. The van der Waals surface area contributed by atoms with Crippen LogP contribution in [0.5, 0.6) is 0 Å². The Morgan fingerprint density at radius 2 is 2.47 bits per heavy atom. The highest BCUT2D eigenvalue weighted by molar-refractivity contribution is 5.67. The molecule has 1 aliphatic heterocycles. The molecule has 0 spiro atoms. The second kappa shape index (κ2) is 5.31. The number of carboxylic acid groups (broad SMARTS) is 1. The maximum Gasteiger partial charge on any atom is 0.304 e.